The van der Waals surface area contributed by atoms with Gasteiger partial charge in [-0.1, -0.05) is 23.7 Å². The van der Waals surface area contributed by atoms with Crippen LogP contribution in [0.3, 0.4) is 0 Å². The van der Waals surface area contributed by atoms with E-state index < -0.39 is 5.97 Å². The van der Waals surface area contributed by atoms with Crippen LogP contribution in [-0.2, 0) is 6.54 Å². The third-order valence-electron chi connectivity index (χ3n) is 2.25. The van der Waals surface area contributed by atoms with Gasteiger partial charge in [-0.05, 0) is 40.3 Å². The minimum Gasteiger partial charge on any atom is -0.478 e. The second-order valence-electron chi connectivity index (χ2n) is 3.44. The van der Waals surface area contributed by atoms with E-state index >= 15 is 0 Å². The molecule has 1 aromatic heterocycles. The molecule has 0 saturated heterocycles. The molecule has 0 amide bonds. The molecule has 17 heavy (non-hydrogen) atoms. The van der Waals surface area contributed by atoms with E-state index in [9.17, 15) is 4.79 Å². The predicted octanol–water partition coefficient (Wildman–Crippen LogP) is 2.89. The van der Waals surface area contributed by atoms with E-state index in [1.807, 2.05) is 34.7 Å². The molecule has 0 bridgehead atoms. The molecule has 0 fully saturated rings. The highest BCUT2D eigenvalue weighted by Gasteiger charge is 2.13. The van der Waals surface area contributed by atoms with Crippen LogP contribution in [0.4, 0.5) is 0 Å². The fraction of sp³-hybridized carbons (Fsp3) is 0.0909. The average molecular weight is 363 g/mol. The maximum atomic E-state index is 10.9. The molecule has 0 atom stereocenters. The van der Waals surface area contributed by atoms with E-state index in [-0.39, 0.29) is 5.56 Å². The summed E-state index contributed by atoms with van der Waals surface area (Å²) >= 11 is 7.77. The second-order valence-corrected chi connectivity index (χ2v) is 4.90. The lowest BCUT2D eigenvalue weighted by molar-refractivity contribution is 0.0695. The summed E-state index contributed by atoms with van der Waals surface area (Å²) in [5, 5.41) is 13.6. The highest BCUT2D eigenvalue weighted by atomic mass is 127. The minimum absolute atomic E-state index is 0.222. The smallest absolute Gasteiger partial charge is 0.340 e. The zero-order chi connectivity index (χ0) is 12.4. The van der Waals surface area contributed by atoms with Crippen LogP contribution >= 0.6 is 34.2 Å². The maximum absolute atomic E-state index is 10.9. The van der Waals surface area contributed by atoms with E-state index in [1.165, 1.54) is 6.20 Å². The third kappa shape index (κ3) is 2.78. The molecular formula is C11H8ClIN2O2. The van der Waals surface area contributed by atoms with Gasteiger partial charge in [0.15, 0.2) is 0 Å². The quantitative estimate of drug-likeness (QED) is 0.854. The van der Waals surface area contributed by atoms with Crippen molar-refractivity contribution in [3.63, 3.8) is 0 Å². The first-order valence-corrected chi connectivity index (χ1v) is 6.22. The molecule has 1 aromatic carbocycles. The lowest BCUT2D eigenvalue weighted by Crippen LogP contribution is -2.05. The molecule has 1 heterocycles. The Hall–Kier alpha value is -1.08. The predicted molar refractivity (Wildman–Crippen MR) is 72.5 cm³/mol. The number of rotatable bonds is 3. The van der Waals surface area contributed by atoms with Crippen LogP contribution in [0.1, 0.15) is 15.9 Å². The molecule has 0 aliphatic heterocycles. The lowest BCUT2D eigenvalue weighted by atomic mass is 10.2. The van der Waals surface area contributed by atoms with Gasteiger partial charge in [-0.3, -0.25) is 4.68 Å². The number of carboxylic acid groups (broad SMARTS) is 1. The second kappa shape index (κ2) is 5.05. The van der Waals surface area contributed by atoms with Crippen molar-refractivity contribution in [2.75, 3.05) is 0 Å². The van der Waals surface area contributed by atoms with Gasteiger partial charge >= 0.3 is 5.97 Å². The van der Waals surface area contributed by atoms with Crippen molar-refractivity contribution in [1.29, 1.82) is 0 Å². The van der Waals surface area contributed by atoms with Gasteiger partial charge in [0.2, 0.25) is 0 Å². The first kappa shape index (κ1) is 12.4. The number of aromatic nitrogens is 2. The zero-order valence-electron chi connectivity index (χ0n) is 8.60. The molecule has 0 aliphatic carbocycles. The molecule has 1 N–H and O–H groups in total. The largest absolute Gasteiger partial charge is 0.478 e. The standard InChI is InChI=1S/C11H8ClIN2O2/c12-8-3-1-7(2-4-8)6-15-10(13)9(5-14-15)11(16)17/h1-5H,6H2,(H,16,17). The van der Waals surface area contributed by atoms with Crippen molar-refractivity contribution < 1.29 is 9.90 Å². The van der Waals surface area contributed by atoms with Crippen LogP contribution in [0.25, 0.3) is 0 Å². The average Bonchev–Trinajstić information content (AvgIpc) is 2.64. The molecule has 0 spiro atoms. The van der Waals surface area contributed by atoms with Crippen LogP contribution < -0.4 is 0 Å². The van der Waals surface area contributed by atoms with Crippen LogP contribution in [0.2, 0.25) is 5.02 Å². The molecule has 2 aromatic rings. The summed E-state index contributed by atoms with van der Waals surface area (Å²) in [6, 6.07) is 7.37. The topological polar surface area (TPSA) is 55.1 Å². The first-order chi connectivity index (χ1) is 8.08. The number of nitrogens with zero attached hydrogens (tertiary/aromatic N) is 2. The van der Waals surface area contributed by atoms with Crippen molar-refractivity contribution in [1.82, 2.24) is 9.78 Å². The Morgan fingerprint density at radius 3 is 2.59 bits per heavy atom. The van der Waals surface area contributed by atoms with Crippen molar-refractivity contribution >= 4 is 40.2 Å². The van der Waals surface area contributed by atoms with Crippen molar-refractivity contribution in [2.45, 2.75) is 6.54 Å². The van der Waals surface area contributed by atoms with Crippen LogP contribution in [0.5, 0.6) is 0 Å². The number of benzene rings is 1. The van der Waals surface area contributed by atoms with Gasteiger partial charge in [-0.2, -0.15) is 5.10 Å². The van der Waals surface area contributed by atoms with Gasteiger partial charge in [-0.25, -0.2) is 4.79 Å². The molecule has 0 aliphatic rings. The Morgan fingerprint density at radius 2 is 2.06 bits per heavy atom. The van der Waals surface area contributed by atoms with E-state index in [4.69, 9.17) is 16.7 Å². The number of aromatic carboxylic acids is 1. The number of hydrogen-bond donors (Lipinski definition) is 1. The fourth-order valence-electron chi connectivity index (χ4n) is 1.39. The summed E-state index contributed by atoms with van der Waals surface area (Å²) in [6.07, 6.45) is 1.36. The normalized spacial score (nSPS) is 10.5. The Bertz CT molecular complexity index is 551. The SMILES string of the molecule is O=C(O)c1cnn(Cc2ccc(Cl)cc2)c1I. The fourth-order valence-corrected chi connectivity index (χ4v) is 2.18. The Kier molecular flexibility index (Phi) is 3.68. The van der Waals surface area contributed by atoms with Crippen molar-refractivity contribution in [3.05, 3.63) is 50.3 Å². The Labute approximate surface area is 116 Å². The highest BCUT2D eigenvalue weighted by molar-refractivity contribution is 14.1. The lowest BCUT2D eigenvalue weighted by Gasteiger charge is -2.04. The summed E-state index contributed by atoms with van der Waals surface area (Å²) in [7, 11) is 0. The van der Waals surface area contributed by atoms with Crippen LogP contribution in [0, 0.1) is 3.70 Å². The van der Waals surface area contributed by atoms with Crippen molar-refractivity contribution in [2.24, 2.45) is 0 Å². The third-order valence-corrected chi connectivity index (χ3v) is 3.64. The minimum atomic E-state index is -0.961. The maximum Gasteiger partial charge on any atom is 0.340 e. The Morgan fingerprint density at radius 1 is 1.41 bits per heavy atom. The molecule has 4 nitrogen and oxygen atoms in total. The number of carboxylic acids is 1. The van der Waals surface area contributed by atoms with E-state index in [1.54, 1.807) is 16.8 Å². The van der Waals surface area contributed by atoms with Gasteiger partial charge < -0.3 is 5.11 Å². The van der Waals surface area contributed by atoms with Gasteiger partial charge in [0.1, 0.15) is 9.26 Å². The number of carbonyl (C=O) groups is 1. The summed E-state index contributed by atoms with van der Waals surface area (Å²) in [6.45, 7) is 0.530. The molecule has 0 radical (unpaired) electrons. The van der Waals surface area contributed by atoms with Gasteiger partial charge in [-0.15, -0.1) is 0 Å². The van der Waals surface area contributed by atoms with Gasteiger partial charge in [0.25, 0.3) is 0 Å². The molecule has 2 rings (SSSR count). The highest BCUT2D eigenvalue weighted by Crippen LogP contribution is 2.15. The first-order valence-electron chi connectivity index (χ1n) is 4.77. The summed E-state index contributed by atoms with van der Waals surface area (Å²) in [5.74, 6) is -0.961. The Balaban J connectivity index is 2.24. The zero-order valence-corrected chi connectivity index (χ0v) is 11.5. The van der Waals surface area contributed by atoms with E-state index in [2.05, 4.69) is 5.10 Å². The van der Waals surface area contributed by atoms with E-state index in [0.29, 0.717) is 15.3 Å². The van der Waals surface area contributed by atoms with Crippen molar-refractivity contribution in [3.8, 4) is 0 Å². The number of halogens is 2. The van der Waals surface area contributed by atoms with E-state index in [0.717, 1.165) is 5.56 Å². The van der Waals surface area contributed by atoms with Gasteiger partial charge in [0, 0.05) is 5.02 Å². The summed E-state index contributed by atoms with van der Waals surface area (Å²) < 4.78 is 2.26. The monoisotopic (exact) mass is 362 g/mol. The summed E-state index contributed by atoms with van der Waals surface area (Å²) in [5.41, 5.74) is 1.24. The van der Waals surface area contributed by atoms with Crippen LogP contribution in [-0.4, -0.2) is 20.9 Å². The van der Waals surface area contributed by atoms with Crippen LogP contribution in [0.15, 0.2) is 30.5 Å². The molecule has 6 heteroatoms. The number of hydrogen-bond acceptors (Lipinski definition) is 2. The van der Waals surface area contributed by atoms with Gasteiger partial charge in [0.05, 0.1) is 12.7 Å². The molecule has 0 saturated carbocycles. The molecule has 88 valence electrons. The molecule has 0 unspecified atom stereocenters. The summed E-state index contributed by atoms with van der Waals surface area (Å²) in [4.78, 5) is 10.9. The molecular weight excluding hydrogens is 354 g/mol.